The van der Waals surface area contributed by atoms with Gasteiger partial charge in [-0.3, -0.25) is 0 Å². The van der Waals surface area contributed by atoms with Crippen molar-refractivity contribution in [2.75, 3.05) is 19.8 Å². The minimum absolute atomic E-state index is 0.167. The van der Waals surface area contributed by atoms with Gasteiger partial charge in [-0.1, -0.05) is 29.8 Å². The second kappa shape index (κ2) is 7.92. The lowest BCUT2D eigenvalue weighted by atomic mass is 10.0. The summed E-state index contributed by atoms with van der Waals surface area (Å²) in [6.07, 6.45) is 0.823. The molecule has 1 aliphatic rings. The summed E-state index contributed by atoms with van der Waals surface area (Å²) < 4.78 is 11.0. The molecule has 0 unspecified atom stereocenters. The maximum absolute atomic E-state index is 12.0. The van der Waals surface area contributed by atoms with Gasteiger partial charge in [0.1, 0.15) is 13.2 Å². The molecule has 1 heterocycles. The van der Waals surface area contributed by atoms with Crippen molar-refractivity contribution in [1.82, 2.24) is 10.6 Å². The lowest BCUT2D eigenvalue weighted by Gasteiger charge is -2.19. The van der Waals surface area contributed by atoms with E-state index >= 15 is 0 Å². The fourth-order valence-corrected chi connectivity index (χ4v) is 2.88. The Morgan fingerprint density at radius 3 is 2.60 bits per heavy atom. The molecule has 0 aromatic heterocycles. The van der Waals surface area contributed by atoms with E-state index in [1.54, 1.807) is 0 Å². The number of carbonyl (C=O) groups excluding carboxylic acids is 1. The van der Waals surface area contributed by atoms with E-state index in [1.807, 2.05) is 18.2 Å². The smallest absolute Gasteiger partial charge is 0.315 e. The average Bonchev–Trinajstić information content (AvgIpc) is 2.61. The van der Waals surface area contributed by atoms with Crippen molar-refractivity contribution in [3.05, 3.63) is 58.7 Å². The summed E-state index contributed by atoms with van der Waals surface area (Å²) in [5.41, 5.74) is 4.76. The summed E-state index contributed by atoms with van der Waals surface area (Å²) >= 11 is 0. The highest BCUT2D eigenvalue weighted by Crippen LogP contribution is 2.30. The molecule has 0 aliphatic carbocycles. The van der Waals surface area contributed by atoms with Gasteiger partial charge in [0.05, 0.1) is 0 Å². The normalized spacial score (nSPS) is 12.6. The second-order valence-electron chi connectivity index (χ2n) is 6.27. The van der Waals surface area contributed by atoms with Crippen molar-refractivity contribution in [2.24, 2.45) is 0 Å². The third-order valence-electron chi connectivity index (χ3n) is 4.24. The third-order valence-corrected chi connectivity index (χ3v) is 4.24. The molecule has 2 aromatic rings. The van der Waals surface area contributed by atoms with Crippen molar-refractivity contribution < 1.29 is 14.3 Å². The third kappa shape index (κ3) is 4.66. The van der Waals surface area contributed by atoms with Gasteiger partial charge in [0.25, 0.3) is 0 Å². The van der Waals surface area contributed by atoms with Crippen LogP contribution >= 0.6 is 0 Å². The van der Waals surface area contributed by atoms with Crippen LogP contribution in [0.4, 0.5) is 4.79 Å². The van der Waals surface area contributed by atoms with E-state index in [-0.39, 0.29) is 6.03 Å². The van der Waals surface area contributed by atoms with Crippen LogP contribution in [0.15, 0.2) is 36.4 Å². The zero-order valence-electron chi connectivity index (χ0n) is 14.7. The van der Waals surface area contributed by atoms with Crippen LogP contribution in [0.3, 0.4) is 0 Å². The molecule has 2 amide bonds. The van der Waals surface area contributed by atoms with E-state index in [4.69, 9.17) is 9.47 Å². The van der Waals surface area contributed by atoms with Crippen LogP contribution in [-0.4, -0.2) is 25.8 Å². The highest BCUT2D eigenvalue weighted by molar-refractivity contribution is 5.73. The summed E-state index contributed by atoms with van der Waals surface area (Å²) in [5.74, 6) is 1.49. The average molecular weight is 340 g/mol. The summed E-state index contributed by atoms with van der Waals surface area (Å²) in [5, 5.41) is 5.77. The molecule has 0 radical (unpaired) electrons. The second-order valence-corrected chi connectivity index (χ2v) is 6.27. The van der Waals surface area contributed by atoms with E-state index in [0.29, 0.717) is 26.3 Å². The largest absolute Gasteiger partial charge is 0.486 e. The van der Waals surface area contributed by atoms with Gasteiger partial charge in [-0.2, -0.15) is 0 Å². The summed E-state index contributed by atoms with van der Waals surface area (Å²) in [6.45, 7) is 6.38. The quantitative estimate of drug-likeness (QED) is 0.879. The molecule has 0 fully saturated rings. The van der Waals surface area contributed by atoms with Crippen LogP contribution in [0.5, 0.6) is 11.5 Å². The predicted molar refractivity (Wildman–Crippen MR) is 97.3 cm³/mol. The monoisotopic (exact) mass is 340 g/mol. The Labute approximate surface area is 148 Å². The van der Waals surface area contributed by atoms with E-state index < -0.39 is 0 Å². The zero-order valence-corrected chi connectivity index (χ0v) is 14.7. The highest BCUT2D eigenvalue weighted by atomic mass is 16.6. The Kier molecular flexibility index (Phi) is 5.43. The number of aryl methyl sites for hydroxylation is 2. The van der Waals surface area contributed by atoms with E-state index in [9.17, 15) is 4.79 Å². The van der Waals surface area contributed by atoms with E-state index in [2.05, 4.69) is 42.7 Å². The van der Waals surface area contributed by atoms with Gasteiger partial charge in [0, 0.05) is 13.1 Å². The first-order valence-corrected chi connectivity index (χ1v) is 8.58. The van der Waals surface area contributed by atoms with Crippen molar-refractivity contribution in [3.8, 4) is 11.5 Å². The Bertz CT molecular complexity index is 759. The molecule has 0 bridgehead atoms. The first-order valence-electron chi connectivity index (χ1n) is 8.58. The summed E-state index contributed by atoms with van der Waals surface area (Å²) in [7, 11) is 0. The van der Waals surface area contributed by atoms with Gasteiger partial charge in [-0.15, -0.1) is 0 Å². The topological polar surface area (TPSA) is 59.6 Å². The standard InChI is InChI=1S/C20H24N2O3/c1-14-3-5-17(15(2)11-14)7-8-21-20(23)22-13-16-4-6-18-19(12-16)25-10-9-24-18/h3-6,11-12H,7-10,13H2,1-2H3,(H2,21,22,23). The predicted octanol–water partition coefficient (Wildman–Crippen LogP) is 3.12. The van der Waals surface area contributed by atoms with E-state index in [1.165, 1.54) is 16.7 Å². The number of benzene rings is 2. The molecule has 1 aliphatic heterocycles. The maximum atomic E-state index is 12.0. The van der Waals surface area contributed by atoms with Gasteiger partial charge in [0.2, 0.25) is 0 Å². The number of amides is 2. The van der Waals surface area contributed by atoms with Crippen molar-refractivity contribution >= 4 is 6.03 Å². The van der Waals surface area contributed by atoms with Crippen LogP contribution in [-0.2, 0) is 13.0 Å². The number of carbonyl (C=O) groups is 1. The molecule has 5 heteroatoms. The van der Waals surface area contributed by atoms with Gasteiger partial charge >= 0.3 is 6.03 Å². The number of hydrogen-bond donors (Lipinski definition) is 2. The fraction of sp³-hybridized carbons (Fsp3) is 0.350. The Morgan fingerprint density at radius 1 is 1.00 bits per heavy atom. The molecule has 2 aromatic carbocycles. The first-order chi connectivity index (χ1) is 12.1. The van der Waals surface area contributed by atoms with Crippen molar-refractivity contribution in [1.29, 1.82) is 0 Å². The molecule has 0 saturated heterocycles. The van der Waals surface area contributed by atoms with Gasteiger partial charge in [-0.05, 0) is 49.1 Å². The van der Waals surface area contributed by atoms with Crippen LogP contribution < -0.4 is 20.1 Å². The minimum atomic E-state index is -0.167. The van der Waals surface area contributed by atoms with Crippen LogP contribution in [0.25, 0.3) is 0 Å². The minimum Gasteiger partial charge on any atom is -0.486 e. The molecular formula is C20H24N2O3. The fourth-order valence-electron chi connectivity index (χ4n) is 2.88. The molecular weight excluding hydrogens is 316 g/mol. The zero-order chi connectivity index (χ0) is 17.6. The van der Waals surface area contributed by atoms with Crippen LogP contribution in [0, 0.1) is 13.8 Å². The summed E-state index contributed by atoms with van der Waals surface area (Å²) in [6, 6.07) is 11.9. The molecule has 0 atom stereocenters. The van der Waals surface area contributed by atoms with Gasteiger partial charge < -0.3 is 20.1 Å². The molecule has 2 N–H and O–H groups in total. The number of hydrogen-bond acceptors (Lipinski definition) is 3. The van der Waals surface area contributed by atoms with Gasteiger partial charge in [0.15, 0.2) is 11.5 Å². The SMILES string of the molecule is Cc1ccc(CCNC(=O)NCc2ccc3c(c2)OCCO3)c(C)c1. The van der Waals surface area contributed by atoms with Crippen LogP contribution in [0.1, 0.15) is 22.3 Å². The number of fused-ring (bicyclic) bond motifs is 1. The maximum Gasteiger partial charge on any atom is 0.315 e. The highest BCUT2D eigenvalue weighted by Gasteiger charge is 2.12. The Morgan fingerprint density at radius 2 is 1.80 bits per heavy atom. The molecule has 0 saturated carbocycles. The molecule has 25 heavy (non-hydrogen) atoms. The lowest BCUT2D eigenvalue weighted by Crippen LogP contribution is -2.36. The van der Waals surface area contributed by atoms with E-state index in [0.717, 1.165) is 23.5 Å². The number of ether oxygens (including phenoxy) is 2. The lowest BCUT2D eigenvalue weighted by molar-refractivity contribution is 0.171. The van der Waals surface area contributed by atoms with Crippen molar-refractivity contribution in [2.45, 2.75) is 26.8 Å². The van der Waals surface area contributed by atoms with Gasteiger partial charge in [-0.25, -0.2) is 4.79 Å². The Balaban J connectivity index is 1.43. The Hall–Kier alpha value is -2.69. The number of urea groups is 1. The van der Waals surface area contributed by atoms with Crippen molar-refractivity contribution in [3.63, 3.8) is 0 Å². The van der Waals surface area contributed by atoms with Crippen LogP contribution in [0.2, 0.25) is 0 Å². The summed E-state index contributed by atoms with van der Waals surface area (Å²) in [4.78, 5) is 12.0. The first kappa shape index (κ1) is 17.1. The molecule has 132 valence electrons. The molecule has 3 rings (SSSR count). The molecule has 5 nitrogen and oxygen atoms in total. The molecule has 0 spiro atoms. The number of nitrogens with one attached hydrogen (secondary N) is 2. The number of rotatable bonds is 5.